The molecule has 0 heterocycles. The molecule has 0 aromatic heterocycles. The van der Waals surface area contributed by atoms with Gasteiger partial charge in [0, 0.05) is 12.8 Å². The van der Waals surface area contributed by atoms with Crippen LogP contribution in [0, 0.1) is 0 Å². The molecule has 0 saturated heterocycles. The average Bonchev–Trinajstić information content (AvgIpc) is 1.85. The molecule has 1 saturated carbocycles. The number of carbonyl (C=O) groups excluding carboxylic acids is 2. The fraction of sp³-hybridized carbons (Fsp3) is 0.714. The standard InChI is InChI=1S/C7H9FO3/c8-4-11-7-2-5(9)1-6(10)3-7/h7H,1-4H2. The quantitative estimate of drug-likeness (QED) is 0.556. The second-order valence-corrected chi connectivity index (χ2v) is 2.56. The van der Waals surface area contributed by atoms with Crippen LogP contribution < -0.4 is 0 Å². The maximum absolute atomic E-state index is 11.6. The van der Waals surface area contributed by atoms with Crippen molar-refractivity contribution in [2.75, 3.05) is 6.86 Å². The molecule has 1 fully saturated rings. The number of halogens is 1. The highest BCUT2D eigenvalue weighted by molar-refractivity contribution is 6.01. The van der Waals surface area contributed by atoms with Crippen molar-refractivity contribution in [1.82, 2.24) is 0 Å². The van der Waals surface area contributed by atoms with E-state index in [0.29, 0.717) is 0 Å². The fourth-order valence-corrected chi connectivity index (χ4v) is 1.15. The Kier molecular flexibility index (Phi) is 2.70. The molecule has 3 nitrogen and oxygen atoms in total. The van der Waals surface area contributed by atoms with Crippen LogP contribution in [0.15, 0.2) is 0 Å². The summed E-state index contributed by atoms with van der Waals surface area (Å²) < 4.78 is 16.1. The predicted octanol–water partition coefficient (Wildman–Crippen LogP) is 0.621. The van der Waals surface area contributed by atoms with Crippen molar-refractivity contribution >= 4 is 11.6 Å². The second-order valence-electron chi connectivity index (χ2n) is 2.56. The smallest absolute Gasteiger partial charge is 0.188 e. The molecule has 1 rings (SSSR count). The number of hydrogen-bond donors (Lipinski definition) is 0. The first kappa shape index (κ1) is 8.33. The molecule has 4 heteroatoms. The van der Waals surface area contributed by atoms with Crippen LogP contribution in [0.3, 0.4) is 0 Å². The van der Waals surface area contributed by atoms with Gasteiger partial charge >= 0.3 is 0 Å². The third-order valence-electron chi connectivity index (χ3n) is 1.60. The van der Waals surface area contributed by atoms with E-state index in [1.807, 2.05) is 0 Å². The maximum atomic E-state index is 11.6. The van der Waals surface area contributed by atoms with Gasteiger partial charge in [0.05, 0.1) is 12.5 Å². The lowest BCUT2D eigenvalue weighted by Crippen LogP contribution is -2.28. The van der Waals surface area contributed by atoms with Crippen molar-refractivity contribution in [3.63, 3.8) is 0 Å². The first-order valence-corrected chi connectivity index (χ1v) is 3.43. The Morgan fingerprint density at radius 3 is 2.36 bits per heavy atom. The SMILES string of the molecule is O=C1CC(=O)CC(OCF)C1. The van der Waals surface area contributed by atoms with Gasteiger partial charge in [0.15, 0.2) is 6.86 Å². The van der Waals surface area contributed by atoms with Gasteiger partial charge in [-0.15, -0.1) is 0 Å². The van der Waals surface area contributed by atoms with E-state index in [1.165, 1.54) is 0 Å². The number of rotatable bonds is 2. The van der Waals surface area contributed by atoms with Crippen LogP contribution in [0.2, 0.25) is 0 Å². The number of carbonyl (C=O) groups is 2. The Morgan fingerprint density at radius 1 is 1.36 bits per heavy atom. The highest BCUT2D eigenvalue weighted by Gasteiger charge is 2.25. The number of ketones is 2. The molecule has 11 heavy (non-hydrogen) atoms. The Bertz CT molecular complexity index is 163. The highest BCUT2D eigenvalue weighted by atomic mass is 19.1. The zero-order valence-corrected chi connectivity index (χ0v) is 6.01. The Balaban J connectivity index is 2.43. The van der Waals surface area contributed by atoms with E-state index in [9.17, 15) is 14.0 Å². The molecule has 0 aromatic rings. The maximum Gasteiger partial charge on any atom is 0.188 e. The predicted molar refractivity (Wildman–Crippen MR) is 34.7 cm³/mol. The van der Waals surface area contributed by atoms with Crippen LogP contribution in [0.1, 0.15) is 19.3 Å². The van der Waals surface area contributed by atoms with E-state index in [1.54, 1.807) is 0 Å². The molecule has 0 radical (unpaired) electrons. The summed E-state index contributed by atoms with van der Waals surface area (Å²) in [6.07, 6.45) is -0.175. The van der Waals surface area contributed by atoms with Gasteiger partial charge in [0.2, 0.25) is 0 Å². The third-order valence-corrected chi connectivity index (χ3v) is 1.60. The minimum Gasteiger partial charge on any atom is -0.346 e. The van der Waals surface area contributed by atoms with Gasteiger partial charge in [-0.3, -0.25) is 9.59 Å². The number of ether oxygens (including phenoxy) is 1. The van der Waals surface area contributed by atoms with Gasteiger partial charge in [-0.1, -0.05) is 0 Å². The molecule has 0 amide bonds. The fourth-order valence-electron chi connectivity index (χ4n) is 1.15. The molecule has 0 N–H and O–H groups in total. The zero-order valence-electron chi connectivity index (χ0n) is 6.01. The summed E-state index contributed by atoms with van der Waals surface area (Å²) in [4.78, 5) is 21.5. The summed E-state index contributed by atoms with van der Waals surface area (Å²) >= 11 is 0. The molecule has 0 atom stereocenters. The van der Waals surface area contributed by atoms with Gasteiger partial charge in [-0.2, -0.15) is 0 Å². The van der Waals surface area contributed by atoms with Crippen molar-refractivity contribution in [3.8, 4) is 0 Å². The van der Waals surface area contributed by atoms with Gasteiger partial charge in [0.1, 0.15) is 11.6 Å². The average molecular weight is 160 g/mol. The minimum absolute atomic E-state index is 0.00779. The van der Waals surface area contributed by atoms with Crippen molar-refractivity contribution in [2.24, 2.45) is 0 Å². The molecular weight excluding hydrogens is 151 g/mol. The minimum atomic E-state index is -0.925. The topological polar surface area (TPSA) is 43.4 Å². The van der Waals surface area contributed by atoms with Crippen LogP contribution in [-0.4, -0.2) is 24.5 Å². The van der Waals surface area contributed by atoms with Crippen molar-refractivity contribution in [1.29, 1.82) is 0 Å². The molecule has 1 aliphatic rings. The summed E-state index contributed by atoms with van der Waals surface area (Å²) in [5.74, 6) is -0.306. The molecule has 1 aliphatic carbocycles. The summed E-state index contributed by atoms with van der Waals surface area (Å²) in [6, 6.07) is 0. The van der Waals surface area contributed by atoms with Gasteiger partial charge in [0.25, 0.3) is 0 Å². The van der Waals surface area contributed by atoms with E-state index in [4.69, 9.17) is 0 Å². The van der Waals surface area contributed by atoms with Crippen LogP contribution in [0.4, 0.5) is 4.39 Å². The van der Waals surface area contributed by atoms with E-state index >= 15 is 0 Å². The van der Waals surface area contributed by atoms with E-state index in [0.717, 1.165) is 0 Å². The number of hydrogen-bond acceptors (Lipinski definition) is 3. The van der Waals surface area contributed by atoms with Crippen LogP contribution in [0.25, 0.3) is 0 Å². The first-order chi connectivity index (χ1) is 5.22. The van der Waals surface area contributed by atoms with Crippen molar-refractivity contribution in [3.05, 3.63) is 0 Å². The number of Topliss-reactive ketones (excluding diaryl/α,β-unsaturated/α-hetero) is 2. The Morgan fingerprint density at radius 2 is 1.91 bits per heavy atom. The van der Waals surface area contributed by atoms with Gasteiger partial charge < -0.3 is 4.74 Å². The van der Waals surface area contributed by atoms with Crippen LogP contribution >= 0.6 is 0 Å². The number of alkyl halides is 1. The van der Waals surface area contributed by atoms with E-state index in [2.05, 4.69) is 4.74 Å². The summed E-state index contributed by atoms with van der Waals surface area (Å²) in [6.45, 7) is -0.925. The van der Waals surface area contributed by atoms with E-state index < -0.39 is 13.0 Å². The lowest BCUT2D eigenvalue weighted by molar-refractivity contribution is -0.136. The third kappa shape index (κ3) is 2.38. The van der Waals surface area contributed by atoms with Gasteiger partial charge in [-0.05, 0) is 0 Å². The first-order valence-electron chi connectivity index (χ1n) is 3.43. The molecular formula is C7H9FO3. The van der Waals surface area contributed by atoms with Crippen molar-refractivity contribution in [2.45, 2.75) is 25.4 Å². The van der Waals surface area contributed by atoms with Crippen molar-refractivity contribution < 1.29 is 18.7 Å². The molecule has 0 bridgehead atoms. The molecule has 0 aliphatic heterocycles. The van der Waals surface area contributed by atoms with E-state index in [-0.39, 0.29) is 30.8 Å². The molecule has 0 spiro atoms. The zero-order chi connectivity index (χ0) is 8.27. The molecule has 0 unspecified atom stereocenters. The summed E-state index contributed by atoms with van der Waals surface area (Å²) in [7, 11) is 0. The Labute approximate surface area is 63.5 Å². The largest absolute Gasteiger partial charge is 0.346 e. The summed E-state index contributed by atoms with van der Waals surface area (Å²) in [5.41, 5.74) is 0. The van der Waals surface area contributed by atoms with Crippen LogP contribution in [0.5, 0.6) is 0 Å². The second kappa shape index (κ2) is 3.57. The summed E-state index contributed by atoms with van der Waals surface area (Å²) in [5, 5.41) is 0. The molecule has 62 valence electrons. The monoisotopic (exact) mass is 160 g/mol. The lowest BCUT2D eigenvalue weighted by Gasteiger charge is -2.18. The Hall–Kier alpha value is -0.770. The molecule has 0 aromatic carbocycles. The van der Waals surface area contributed by atoms with Crippen LogP contribution in [-0.2, 0) is 14.3 Å². The van der Waals surface area contributed by atoms with Gasteiger partial charge in [-0.25, -0.2) is 4.39 Å². The normalized spacial score (nSPS) is 20.8. The lowest BCUT2D eigenvalue weighted by atomic mass is 9.95. The highest BCUT2D eigenvalue weighted by Crippen LogP contribution is 2.14.